The topological polar surface area (TPSA) is 24.4 Å². The second-order valence-electron chi connectivity index (χ2n) is 6.27. The van der Waals surface area contributed by atoms with Crippen LogP contribution < -0.4 is 5.32 Å². The highest BCUT2D eigenvalue weighted by atomic mass is 15.0. The third-order valence-electron chi connectivity index (χ3n) is 4.40. The second kappa shape index (κ2) is 6.78. The number of nitrogens with one attached hydrogen (secondary N) is 1. The van der Waals surface area contributed by atoms with Gasteiger partial charge >= 0.3 is 0 Å². The highest BCUT2D eigenvalue weighted by Gasteiger charge is 2.18. The van der Waals surface area contributed by atoms with E-state index in [1.54, 1.807) is 0 Å². The van der Waals surface area contributed by atoms with E-state index in [1.807, 2.05) is 24.3 Å². The largest absolute Gasteiger partial charge is 0.340 e. The van der Waals surface area contributed by atoms with Crippen molar-refractivity contribution in [2.24, 2.45) is 4.99 Å². The first-order chi connectivity index (χ1) is 12.3. The highest BCUT2D eigenvalue weighted by molar-refractivity contribution is 6.04. The van der Waals surface area contributed by atoms with Crippen molar-refractivity contribution >= 4 is 11.5 Å². The van der Waals surface area contributed by atoms with Gasteiger partial charge in [0.05, 0.1) is 6.04 Å². The van der Waals surface area contributed by atoms with Crippen LogP contribution in [0.5, 0.6) is 0 Å². The number of benzene rings is 3. The lowest BCUT2D eigenvalue weighted by molar-refractivity contribution is 0.879. The van der Waals surface area contributed by atoms with Crippen LogP contribution in [-0.4, -0.2) is 5.84 Å². The molecule has 0 radical (unpaired) electrons. The molecule has 0 bridgehead atoms. The second-order valence-corrected chi connectivity index (χ2v) is 6.27. The van der Waals surface area contributed by atoms with E-state index in [1.165, 1.54) is 16.7 Å². The van der Waals surface area contributed by atoms with Gasteiger partial charge in [-0.1, -0.05) is 90.5 Å². The van der Waals surface area contributed by atoms with Crippen molar-refractivity contribution in [1.29, 1.82) is 0 Å². The van der Waals surface area contributed by atoms with Crippen molar-refractivity contribution in [3.8, 4) is 0 Å². The van der Waals surface area contributed by atoms with Gasteiger partial charge in [-0.15, -0.1) is 0 Å². The van der Waals surface area contributed by atoms with Gasteiger partial charge in [0.15, 0.2) is 0 Å². The Kier molecular flexibility index (Phi) is 4.17. The number of rotatable bonds is 3. The van der Waals surface area contributed by atoms with E-state index in [2.05, 4.69) is 79.0 Å². The Morgan fingerprint density at radius 2 is 1.32 bits per heavy atom. The van der Waals surface area contributed by atoms with Crippen LogP contribution >= 0.6 is 0 Å². The number of hydrogen-bond donors (Lipinski definition) is 1. The normalized spacial score (nSPS) is 16.6. The summed E-state index contributed by atoms with van der Waals surface area (Å²) < 4.78 is 0. The molecule has 1 unspecified atom stereocenters. The predicted octanol–water partition coefficient (Wildman–Crippen LogP) is 5.13. The predicted molar refractivity (Wildman–Crippen MR) is 104 cm³/mol. The van der Waals surface area contributed by atoms with E-state index in [9.17, 15) is 0 Å². The summed E-state index contributed by atoms with van der Waals surface area (Å²) in [7, 11) is 0. The van der Waals surface area contributed by atoms with Gasteiger partial charge in [0, 0.05) is 11.3 Å². The SMILES string of the molecule is Cc1ccc(C2C=C(c3ccccc3)NC(c3ccccc3)=N2)cc1. The van der Waals surface area contributed by atoms with Crippen LogP contribution in [0.2, 0.25) is 0 Å². The molecular formula is C23H20N2. The summed E-state index contributed by atoms with van der Waals surface area (Å²) in [5.74, 6) is 0.910. The van der Waals surface area contributed by atoms with Gasteiger partial charge < -0.3 is 5.32 Å². The molecule has 3 aromatic carbocycles. The molecule has 2 nitrogen and oxygen atoms in total. The Morgan fingerprint density at radius 3 is 1.96 bits per heavy atom. The van der Waals surface area contributed by atoms with Crippen LogP contribution in [0, 0.1) is 6.92 Å². The lowest BCUT2D eigenvalue weighted by atomic mass is 10.00. The summed E-state index contributed by atoms with van der Waals surface area (Å²) in [5, 5.41) is 3.51. The Hall–Kier alpha value is -3.13. The van der Waals surface area contributed by atoms with Crippen LogP contribution in [0.4, 0.5) is 0 Å². The zero-order valence-corrected chi connectivity index (χ0v) is 14.2. The summed E-state index contributed by atoms with van der Waals surface area (Å²) >= 11 is 0. The Morgan fingerprint density at radius 1 is 0.720 bits per heavy atom. The van der Waals surface area contributed by atoms with E-state index < -0.39 is 0 Å². The van der Waals surface area contributed by atoms with Crippen LogP contribution in [0.15, 0.2) is 96.0 Å². The molecule has 1 aliphatic heterocycles. The summed E-state index contributed by atoms with van der Waals surface area (Å²) in [6.45, 7) is 2.11. The molecule has 1 N–H and O–H groups in total. The molecule has 25 heavy (non-hydrogen) atoms. The van der Waals surface area contributed by atoms with Crippen molar-refractivity contribution < 1.29 is 0 Å². The molecule has 0 aliphatic carbocycles. The van der Waals surface area contributed by atoms with Gasteiger partial charge in [0.1, 0.15) is 5.84 Å². The minimum atomic E-state index is 0.00672. The van der Waals surface area contributed by atoms with Crippen LogP contribution in [0.3, 0.4) is 0 Å². The van der Waals surface area contributed by atoms with E-state index in [0.717, 1.165) is 17.1 Å². The number of amidine groups is 1. The van der Waals surface area contributed by atoms with Gasteiger partial charge in [0.25, 0.3) is 0 Å². The number of hydrogen-bond acceptors (Lipinski definition) is 2. The molecule has 1 aliphatic rings. The van der Waals surface area contributed by atoms with E-state index in [-0.39, 0.29) is 6.04 Å². The molecule has 1 heterocycles. The van der Waals surface area contributed by atoms with Crippen LogP contribution in [-0.2, 0) is 0 Å². The van der Waals surface area contributed by atoms with Crippen molar-refractivity contribution in [1.82, 2.24) is 5.32 Å². The molecule has 0 fully saturated rings. The first-order valence-corrected chi connectivity index (χ1v) is 8.54. The van der Waals surface area contributed by atoms with Gasteiger partial charge in [0.2, 0.25) is 0 Å². The minimum Gasteiger partial charge on any atom is -0.340 e. The summed E-state index contributed by atoms with van der Waals surface area (Å²) in [4.78, 5) is 4.96. The Bertz CT molecular complexity index is 852. The molecule has 2 heteroatoms. The molecule has 0 aromatic heterocycles. The summed E-state index contributed by atoms with van der Waals surface area (Å²) in [6.07, 6.45) is 2.20. The minimum absolute atomic E-state index is 0.00672. The lowest BCUT2D eigenvalue weighted by Crippen LogP contribution is -2.27. The average molecular weight is 324 g/mol. The van der Waals surface area contributed by atoms with E-state index in [0.29, 0.717) is 0 Å². The lowest BCUT2D eigenvalue weighted by Gasteiger charge is -2.23. The van der Waals surface area contributed by atoms with Crippen molar-refractivity contribution in [2.45, 2.75) is 13.0 Å². The van der Waals surface area contributed by atoms with Crippen LogP contribution in [0.25, 0.3) is 5.70 Å². The maximum Gasteiger partial charge on any atom is 0.133 e. The average Bonchev–Trinajstić information content (AvgIpc) is 2.69. The fraction of sp³-hybridized carbons (Fsp3) is 0.0870. The quantitative estimate of drug-likeness (QED) is 0.710. The Labute approximate surface area is 148 Å². The smallest absolute Gasteiger partial charge is 0.133 e. The molecular weight excluding hydrogens is 304 g/mol. The van der Waals surface area contributed by atoms with Crippen molar-refractivity contribution in [3.05, 3.63) is 113 Å². The standard InChI is InChI=1S/C23H20N2/c1-17-12-14-19(15-13-17)22-16-21(18-8-4-2-5-9-18)24-23(25-22)20-10-6-3-7-11-20/h2-16,22H,1H3,(H,24,25). The summed E-state index contributed by atoms with van der Waals surface area (Å²) in [5.41, 5.74) is 5.83. The molecule has 122 valence electrons. The third kappa shape index (κ3) is 3.38. The monoisotopic (exact) mass is 324 g/mol. The fourth-order valence-corrected chi connectivity index (χ4v) is 3.00. The zero-order valence-electron chi connectivity index (χ0n) is 14.2. The van der Waals surface area contributed by atoms with Gasteiger partial charge in [-0.2, -0.15) is 0 Å². The van der Waals surface area contributed by atoms with E-state index in [4.69, 9.17) is 4.99 Å². The van der Waals surface area contributed by atoms with E-state index >= 15 is 0 Å². The molecule has 0 amide bonds. The molecule has 0 saturated carbocycles. The fourth-order valence-electron chi connectivity index (χ4n) is 3.00. The van der Waals surface area contributed by atoms with Crippen molar-refractivity contribution in [3.63, 3.8) is 0 Å². The third-order valence-corrected chi connectivity index (χ3v) is 4.40. The Balaban J connectivity index is 1.78. The molecule has 4 rings (SSSR count). The number of aryl methyl sites for hydroxylation is 1. The molecule has 1 atom stereocenters. The molecule has 0 saturated heterocycles. The number of nitrogens with zero attached hydrogens (tertiary/aromatic N) is 1. The van der Waals surface area contributed by atoms with Crippen LogP contribution in [0.1, 0.15) is 28.3 Å². The first-order valence-electron chi connectivity index (χ1n) is 8.54. The van der Waals surface area contributed by atoms with Crippen molar-refractivity contribution in [2.75, 3.05) is 0 Å². The molecule has 3 aromatic rings. The zero-order chi connectivity index (χ0) is 17.1. The first kappa shape index (κ1) is 15.4. The van der Waals surface area contributed by atoms with Gasteiger partial charge in [-0.3, -0.25) is 4.99 Å². The number of aliphatic imine (C=N–C) groups is 1. The summed E-state index contributed by atoms with van der Waals surface area (Å²) in [6, 6.07) is 29.3. The van der Waals surface area contributed by atoms with Gasteiger partial charge in [-0.25, -0.2) is 0 Å². The maximum absolute atomic E-state index is 4.96. The highest BCUT2D eigenvalue weighted by Crippen LogP contribution is 2.28. The van der Waals surface area contributed by atoms with Gasteiger partial charge in [-0.05, 0) is 24.1 Å². The maximum atomic E-state index is 4.96. The molecule has 0 spiro atoms.